The number of hydrogen-bond donors (Lipinski definition) is 0. The Morgan fingerprint density at radius 3 is 2.72 bits per heavy atom. The van der Waals surface area contributed by atoms with Crippen molar-refractivity contribution in [2.24, 2.45) is 7.05 Å². The summed E-state index contributed by atoms with van der Waals surface area (Å²) >= 11 is 1.42. The van der Waals surface area contributed by atoms with Gasteiger partial charge in [0.1, 0.15) is 12.4 Å². The molecule has 0 saturated carbocycles. The number of benzene rings is 2. The lowest BCUT2D eigenvalue weighted by Crippen LogP contribution is -2.23. The molecule has 0 aliphatic heterocycles. The summed E-state index contributed by atoms with van der Waals surface area (Å²) in [7, 11) is 3.20. The Balaban J connectivity index is 1.58. The van der Waals surface area contributed by atoms with Gasteiger partial charge in [-0.1, -0.05) is 35.6 Å². The van der Waals surface area contributed by atoms with Gasteiger partial charge in [0.15, 0.2) is 0 Å². The van der Waals surface area contributed by atoms with Crippen molar-refractivity contribution in [3.63, 3.8) is 0 Å². The van der Waals surface area contributed by atoms with Crippen molar-refractivity contribution in [3.05, 3.63) is 69.5 Å². The maximum atomic E-state index is 12.3. The van der Waals surface area contributed by atoms with E-state index in [1.807, 2.05) is 54.8 Å². The minimum atomic E-state index is -0.314. The van der Waals surface area contributed by atoms with E-state index in [0.717, 1.165) is 28.1 Å². The predicted octanol–water partition coefficient (Wildman–Crippen LogP) is 2.99. The molecular weight excluding hydrogens is 390 g/mol. The van der Waals surface area contributed by atoms with Gasteiger partial charge < -0.3 is 9.47 Å². The van der Waals surface area contributed by atoms with E-state index < -0.39 is 0 Å². The summed E-state index contributed by atoms with van der Waals surface area (Å²) in [6, 6.07) is 13.4. The molecule has 0 N–H and O–H groups in total. The van der Waals surface area contributed by atoms with Crippen molar-refractivity contribution in [2.75, 3.05) is 7.11 Å². The first kappa shape index (κ1) is 18.9. The molecule has 0 bridgehead atoms. The van der Waals surface area contributed by atoms with Gasteiger partial charge in [-0.05, 0) is 41.1 Å². The van der Waals surface area contributed by atoms with Crippen LogP contribution in [-0.4, -0.2) is 31.9 Å². The lowest BCUT2D eigenvalue weighted by Gasteiger charge is -2.11. The minimum absolute atomic E-state index is 0.260. The molecule has 29 heavy (non-hydrogen) atoms. The van der Waals surface area contributed by atoms with Crippen LogP contribution in [0.3, 0.4) is 0 Å². The van der Waals surface area contributed by atoms with E-state index in [1.165, 1.54) is 20.7 Å². The third-order valence-electron chi connectivity index (χ3n) is 4.52. The summed E-state index contributed by atoms with van der Waals surface area (Å²) in [6.07, 6.45) is 0. The van der Waals surface area contributed by atoms with Crippen LogP contribution in [0.4, 0.5) is 0 Å². The second-order valence-electron chi connectivity index (χ2n) is 6.39. The number of aromatic nitrogens is 5. The number of tetrazole rings is 1. The zero-order valence-corrected chi connectivity index (χ0v) is 17.0. The number of methoxy groups -OCH3 is 1. The van der Waals surface area contributed by atoms with E-state index in [-0.39, 0.29) is 12.3 Å². The Kier molecular flexibility index (Phi) is 5.13. The van der Waals surface area contributed by atoms with Gasteiger partial charge in [0.25, 0.3) is 5.19 Å². The zero-order valence-electron chi connectivity index (χ0n) is 16.2. The molecule has 9 heteroatoms. The third kappa shape index (κ3) is 3.77. The fourth-order valence-electron chi connectivity index (χ4n) is 2.91. The summed E-state index contributed by atoms with van der Waals surface area (Å²) < 4.78 is 13.7. The molecular formula is C20H19N5O3S. The number of hydrogen-bond acceptors (Lipinski definition) is 7. The maximum absolute atomic E-state index is 12.3. The number of aryl methyl sites for hydroxylation is 2. The van der Waals surface area contributed by atoms with Crippen LogP contribution in [0.5, 0.6) is 10.9 Å². The highest BCUT2D eigenvalue weighted by Crippen LogP contribution is 2.29. The Bertz CT molecular complexity index is 1210. The summed E-state index contributed by atoms with van der Waals surface area (Å²) in [6.45, 7) is 2.23. The van der Waals surface area contributed by atoms with Crippen molar-refractivity contribution in [1.29, 1.82) is 0 Å². The van der Waals surface area contributed by atoms with Crippen molar-refractivity contribution in [3.8, 4) is 27.9 Å². The normalized spacial score (nSPS) is 10.9. The van der Waals surface area contributed by atoms with E-state index in [1.54, 1.807) is 14.2 Å². The summed E-state index contributed by atoms with van der Waals surface area (Å²) in [5.41, 5.74) is 3.95. The topological polar surface area (TPSA) is 84.1 Å². The van der Waals surface area contributed by atoms with Crippen molar-refractivity contribution in [1.82, 2.24) is 24.8 Å². The van der Waals surface area contributed by atoms with Crippen LogP contribution in [0, 0.1) is 6.92 Å². The lowest BCUT2D eigenvalue weighted by molar-refractivity contribution is 0.303. The summed E-state index contributed by atoms with van der Waals surface area (Å²) in [4.78, 5) is 16.8. The standard InChI is InChI=1S/C20H19N5O3S/c1-13-6-4-9-18(25-20(26)24(2)22-23-25)16(13)11-28-19-21-17(12-29-19)14-7-5-8-15(10-14)27-3/h4-10,12H,11H2,1-3H3. The van der Waals surface area contributed by atoms with Gasteiger partial charge in [0.2, 0.25) is 0 Å². The SMILES string of the molecule is COc1cccc(-c2csc(OCc3c(C)cccc3-n3nnn(C)c3=O)n2)c1. The molecule has 2 heterocycles. The van der Waals surface area contributed by atoms with E-state index in [4.69, 9.17) is 9.47 Å². The predicted molar refractivity (Wildman–Crippen MR) is 110 cm³/mol. The first-order chi connectivity index (χ1) is 14.1. The van der Waals surface area contributed by atoms with Crippen LogP contribution in [-0.2, 0) is 13.7 Å². The third-order valence-corrected chi connectivity index (χ3v) is 5.28. The molecule has 0 radical (unpaired) electrons. The van der Waals surface area contributed by atoms with Crippen molar-refractivity contribution >= 4 is 11.3 Å². The summed E-state index contributed by atoms with van der Waals surface area (Å²) in [5, 5.41) is 10.2. The average molecular weight is 409 g/mol. The molecule has 0 saturated heterocycles. The van der Waals surface area contributed by atoms with Gasteiger partial charge in [-0.2, -0.15) is 9.36 Å². The molecule has 0 amide bonds. The van der Waals surface area contributed by atoms with Crippen LogP contribution in [0.1, 0.15) is 11.1 Å². The number of nitrogens with zero attached hydrogens (tertiary/aromatic N) is 5. The lowest BCUT2D eigenvalue weighted by atomic mass is 10.1. The second-order valence-corrected chi connectivity index (χ2v) is 7.21. The number of ether oxygens (including phenoxy) is 2. The molecule has 4 rings (SSSR count). The van der Waals surface area contributed by atoms with Gasteiger partial charge >= 0.3 is 5.69 Å². The molecule has 4 aromatic rings. The smallest absolute Gasteiger partial charge is 0.368 e. The van der Waals surface area contributed by atoms with Gasteiger partial charge in [-0.3, -0.25) is 0 Å². The highest BCUT2D eigenvalue weighted by molar-refractivity contribution is 7.11. The monoisotopic (exact) mass is 409 g/mol. The largest absolute Gasteiger partial charge is 0.497 e. The molecule has 0 aliphatic rings. The molecule has 2 aromatic carbocycles. The zero-order chi connectivity index (χ0) is 20.4. The van der Waals surface area contributed by atoms with Crippen LogP contribution < -0.4 is 15.2 Å². The highest BCUT2D eigenvalue weighted by Gasteiger charge is 2.14. The average Bonchev–Trinajstić information content (AvgIpc) is 3.34. The fraction of sp³-hybridized carbons (Fsp3) is 0.200. The Morgan fingerprint density at radius 1 is 1.14 bits per heavy atom. The van der Waals surface area contributed by atoms with Crippen molar-refractivity contribution < 1.29 is 9.47 Å². The Morgan fingerprint density at radius 2 is 1.97 bits per heavy atom. The Hall–Kier alpha value is -3.46. The molecule has 0 aliphatic carbocycles. The number of rotatable bonds is 6. The van der Waals surface area contributed by atoms with E-state index in [0.29, 0.717) is 10.9 Å². The minimum Gasteiger partial charge on any atom is -0.497 e. The molecule has 148 valence electrons. The quantitative estimate of drug-likeness (QED) is 0.487. The molecule has 2 aromatic heterocycles. The fourth-order valence-corrected chi connectivity index (χ4v) is 3.59. The van der Waals surface area contributed by atoms with Gasteiger partial charge in [-0.15, -0.1) is 0 Å². The van der Waals surface area contributed by atoms with Crippen LogP contribution in [0.15, 0.2) is 52.6 Å². The molecule has 8 nitrogen and oxygen atoms in total. The van der Waals surface area contributed by atoms with Crippen molar-refractivity contribution in [2.45, 2.75) is 13.5 Å². The first-order valence-corrected chi connectivity index (χ1v) is 9.75. The van der Waals surface area contributed by atoms with Gasteiger partial charge in [-0.25, -0.2) is 9.78 Å². The number of thiazole rings is 1. The van der Waals surface area contributed by atoms with Crippen LogP contribution in [0.2, 0.25) is 0 Å². The van der Waals surface area contributed by atoms with Crippen LogP contribution >= 0.6 is 11.3 Å². The Labute approximate surface area is 171 Å². The van der Waals surface area contributed by atoms with E-state index >= 15 is 0 Å². The first-order valence-electron chi connectivity index (χ1n) is 8.87. The summed E-state index contributed by atoms with van der Waals surface area (Å²) in [5.74, 6) is 0.775. The highest BCUT2D eigenvalue weighted by atomic mass is 32.1. The molecule has 0 unspecified atom stereocenters. The van der Waals surface area contributed by atoms with E-state index in [2.05, 4.69) is 15.4 Å². The maximum Gasteiger partial charge on any atom is 0.368 e. The van der Waals surface area contributed by atoms with Gasteiger partial charge in [0, 0.05) is 23.6 Å². The molecule has 0 spiro atoms. The van der Waals surface area contributed by atoms with Crippen LogP contribution in [0.25, 0.3) is 16.9 Å². The molecule has 0 atom stereocenters. The molecule has 0 fully saturated rings. The van der Waals surface area contributed by atoms with E-state index in [9.17, 15) is 4.79 Å². The van der Waals surface area contributed by atoms with Gasteiger partial charge in [0.05, 0.1) is 18.5 Å². The second kappa shape index (κ2) is 7.88.